The van der Waals surface area contributed by atoms with Crippen molar-refractivity contribution in [2.75, 3.05) is 13.1 Å². The average Bonchev–Trinajstić information content (AvgIpc) is 2.36. The predicted octanol–water partition coefficient (Wildman–Crippen LogP) is 3.98. The third-order valence-electron chi connectivity index (χ3n) is 3.21. The van der Waals surface area contributed by atoms with Crippen LogP contribution in [0.15, 0.2) is 23.6 Å². The first-order valence-electron chi connectivity index (χ1n) is 6.61. The molecule has 0 unspecified atom stereocenters. The topological polar surface area (TPSA) is 12.0 Å². The Kier molecular flexibility index (Phi) is 6.39. The van der Waals surface area contributed by atoms with Crippen LogP contribution in [-0.4, -0.2) is 13.1 Å². The molecule has 1 heterocycles. The van der Waals surface area contributed by atoms with Crippen LogP contribution in [0, 0.1) is 5.92 Å². The minimum Gasteiger partial charge on any atom is -0.317 e. The predicted molar refractivity (Wildman–Crippen MR) is 68.1 cm³/mol. The molecule has 0 aromatic carbocycles. The van der Waals surface area contributed by atoms with E-state index in [-0.39, 0.29) is 5.83 Å². The molecule has 1 saturated heterocycles. The SMILES string of the molecule is CC.FC1=C(CC2CCNCC2)CCC=C1. The molecule has 1 aliphatic carbocycles. The molecule has 1 fully saturated rings. The lowest BCUT2D eigenvalue weighted by atomic mass is 9.87. The fourth-order valence-electron chi connectivity index (χ4n) is 2.32. The molecule has 1 nitrogen and oxygen atoms in total. The lowest BCUT2D eigenvalue weighted by Crippen LogP contribution is -2.28. The highest BCUT2D eigenvalue weighted by Gasteiger charge is 2.17. The van der Waals surface area contributed by atoms with Crippen LogP contribution in [0.2, 0.25) is 0 Å². The van der Waals surface area contributed by atoms with E-state index >= 15 is 0 Å². The van der Waals surface area contributed by atoms with Gasteiger partial charge in [-0.2, -0.15) is 0 Å². The average molecular weight is 225 g/mol. The largest absolute Gasteiger partial charge is 0.317 e. The number of hydrogen-bond acceptors (Lipinski definition) is 1. The van der Waals surface area contributed by atoms with E-state index in [2.05, 4.69) is 5.32 Å². The van der Waals surface area contributed by atoms with Crippen LogP contribution in [0.5, 0.6) is 0 Å². The molecule has 16 heavy (non-hydrogen) atoms. The molecule has 0 aromatic rings. The zero-order valence-corrected chi connectivity index (χ0v) is 10.6. The lowest BCUT2D eigenvalue weighted by Gasteiger charge is -2.24. The molecule has 1 aliphatic heterocycles. The molecule has 0 atom stereocenters. The molecule has 0 saturated carbocycles. The molecule has 0 spiro atoms. The van der Waals surface area contributed by atoms with Crippen LogP contribution >= 0.6 is 0 Å². The van der Waals surface area contributed by atoms with Gasteiger partial charge in [-0.3, -0.25) is 0 Å². The van der Waals surface area contributed by atoms with Crippen molar-refractivity contribution >= 4 is 0 Å². The minimum absolute atomic E-state index is 0.0368. The van der Waals surface area contributed by atoms with E-state index in [9.17, 15) is 4.39 Å². The molecule has 2 aliphatic rings. The molecular weight excluding hydrogens is 201 g/mol. The summed E-state index contributed by atoms with van der Waals surface area (Å²) < 4.78 is 13.4. The van der Waals surface area contributed by atoms with E-state index in [1.165, 1.54) is 12.8 Å². The maximum Gasteiger partial charge on any atom is 0.122 e. The summed E-state index contributed by atoms with van der Waals surface area (Å²) in [7, 11) is 0. The Labute approximate surface area is 98.8 Å². The van der Waals surface area contributed by atoms with E-state index in [0.717, 1.165) is 37.9 Å². The van der Waals surface area contributed by atoms with Gasteiger partial charge in [-0.1, -0.05) is 19.9 Å². The molecule has 0 radical (unpaired) electrons. The first kappa shape index (κ1) is 13.4. The monoisotopic (exact) mass is 225 g/mol. The van der Waals surface area contributed by atoms with Crippen molar-refractivity contribution in [1.82, 2.24) is 5.32 Å². The van der Waals surface area contributed by atoms with Crippen molar-refractivity contribution in [2.45, 2.75) is 46.0 Å². The van der Waals surface area contributed by atoms with Gasteiger partial charge in [0, 0.05) is 0 Å². The third kappa shape index (κ3) is 4.09. The van der Waals surface area contributed by atoms with Gasteiger partial charge >= 0.3 is 0 Å². The van der Waals surface area contributed by atoms with Crippen molar-refractivity contribution in [1.29, 1.82) is 0 Å². The van der Waals surface area contributed by atoms with E-state index in [1.807, 2.05) is 19.9 Å². The first-order valence-corrected chi connectivity index (χ1v) is 6.61. The zero-order valence-electron chi connectivity index (χ0n) is 10.6. The van der Waals surface area contributed by atoms with Crippen molar-refractivity contribution in [3.63, 3.8) is 0 Å². The van der Waals surface area contributed by atoms with Gasteiger partial charge in [-0.05, 0) is 62.8 Å². The highest BCUT2D eigenvalue weighted by atomic mass is 19.1. The van der Waals surface area contributed by atoms with Crippen molar-refractivity contribution in [3.05, 3.63) is 23.6 Å². The highest BCUT2D eigenvalue weighted by molar-refractivity contribution is 5.24. The third-order valence-corrected chi connectivity index (χ3v) is 3.21. The number of allylic oxidation sites excluding steroid dienone is 4. The van der Waals surface area contributed by atoms with Gasteiger partial charge in [0.05, 0.1) is 0 Å². The van der Waals surface area contributed by atoms with Crippen LogP contribution in [0.1, 0.15) is 46.0 Å². The molecule has 1 N–H and O–H groups in total. The summed E-state index contributed by atoms with van der Waals surface area (Å²) in [6.45, 7) is 6.21. The number of nitrogens with one attached hydrogen (secondary N) is 1. The summed E-state index contributed by atoms with van der Waals surface area (Å²) in [6.07, 6.45) is 8.93. The number of rotatable bonds is 2. The van der Waals surface area contributed by atoms with Crippen molar-refractivity contribution < 1.29 is 4.39 Å². The quantitative estimate of drug-likeness (QED) is 0.749. The Balaban J connectivity index is 0.000000606. The standard InChI is InChI=1S/C12H18FN.C2H6/c13-12-4-2-1-3-11(12)9-10-5-7-14-8-6-10;1-2/h2,4,10,14H,1,3,5-9H2;1-2H3. The fourth-order valence-corrected chi connectivity index (χ4v) is 2.32. The normalized spacial score (nSPS) is 21.7. The molecular formula is C14H24FN. The van der Waals surface area contributed by atoms with E-state index < -0.39 is 0 Å². The first-order chi connectivity index (χ1) is 7.86. The van der Waals surface area contributed by atoms with Gasteiger partial charge in [-0.15, -0.1) is 0 Å². The maximum atomic E-state index is 13.4. The van der Waals surface area contributed by atoms with Crippen LogP contribution in [0.25, 0.3) is 0 Å². The summed E-state index contributed by atoms with van der Waals surface area (Å²) in [5.41, 5.74) is 1.06. The van der Waals surface area contributed by atoms with Crippen molar-refractivity contribution in [2.24, 2.45) is 5.92 Å². The highest BCUT2D eigenvalue weighted by Crippen LogP contribution is 2.29. The van der Waals surface area contributed by atoms with Gasteiger partial charge < -0.3 is 5.32 Å². The van der Waals surface area contributed by atoms with Crippen LogP contribution in [-0.2, 0) is 0 Å². The van der Waals surface area contributed by atoms with Gasteiger partial charge in [0.2, 0.25) is 0 Å². The smallest absolute Gasteiger partial charge is 0.122 e. The number of halogens is 1. The summed E-state index contributed by atoms with van der Waals surface area (Å²) in [6, 6.07) is 0. The Hall–Kier alpha value is -0.630. The molecule has 92 valence electrons. The number of piperidine rings is 1. The second-order valence-electron chi connectivity index (χ2n) is 4.29. The maximum absolute atomic E-state index is 13.4. The van der Waals surface area contributed by atoms with Crippen molar-refractivity contribution in [3.8, 4) is 0 Å². The second kappa shape index (κ2) is 7.61. The van der Waals surface area contributed by atoms with Gasteiger partial charge in [0.1, 0.15) is 5.83 Å². The summed E-state index contributed by atoms with van der Waals surface area (Å²) in [4.78, 5) is 0. The summed E-state index contributed by atoms with van der Waals surface area (Å²) >= 11 is 0. The van der Waals surface area contributed by atoms with E-state index in [1.54, 1.807) is 6.08 Å². The van der Waals surface area contributed by atoms with Crippen LogP contribution in [0.4, 0.5) is 4.39 Å². The second-order valence-corrected chi connectivity index (χ2v) is 4.29. The lowest BCUT2D eigenvalue weighted by molar-refractivity contribution is 0.365. The summed E-state index contributed by atoms with van der Waals surface area (Å²) in [5, 5.41) is 3.34. The Morgan fingerprint density at radius 2 is 2.00 bits per heavy atom. The molecule has 2 heteroatoms. The van der Waals surface area contributed by atoms with Gasteiger partial charge in [0.25, 0.3) is 0 Å². The summed E-state index contributed by atoms with van der Waals surface area (Å²) in [5.74, 6) is 0.748. The molecule has 0 amide bonds. The van der Waals surface area contributed by atoms with Gasteiger partial charge in [0.15, 0.2) is 0 Å². The number of hydrogen-bond donors (Lipinski definition) is 1. The molecule has 0 aromatic heterocycles. The Morgan fingerprint density at radius 1 is 1.31 bits per heavy atom. The minimum atomic E-state index is 0.0368. The van der Waals surface area contributed by atoms with Crippen LogP contribution < -0.4 is 5.32 Å². The molecule has 2 rings (SSSR count). The Bertz CT molecular complexity index is 249. The molecule has 0 bridgehead atoms. The van der Waals surface area contributed by atoms with E-state index in [0.29, 0.717) is 5.92 Å². The van der Waals surface area contributed by atoms with Gasteiger partial charge in [-0.25, -0.2) is 4.39 Å². The van der Waals surface area contributed by atoms with Crippen LogP contribution in [0.3, 0.4) is 0 Å². The van der Waals surface area contributed by atoms with E-state index in [4.69, 9.17) is 0 Å². The fraction of sp³-hybridized carbons (Fsp3) is 0.714. The zero-order chi connectivity index (χ0) is 11.8. The Morgan fingerprint density at radius 3 is 2.62 bits per heavy atom.